The topological polar surface area (TPSA) is 38.7 Å². The van der Waals surface area contributed by atoms with Crippen LogP contribution in [0.2, 0.25) is 0 Å². The summed E-state index contributed by atoms with van der Waals surface area (Å²) < 4.78 is 0. The van der Waals surface area contributed by atoms with Crippen molar-refractivity contribution in [2.24, 2.45) is 0 Å². The summed E-state index contributed by atoms with van der Waals surface area (Å²) in [6.07, 6.45) is 2.45. The first kappa shape index (κ1) is 16.3. The molecule has 1 aliphatic heterocycles. The van der Waals surface area contributed by atoms with E-state index in [1.807, 2.05) is 6.92 Å². The van der Waals surface area contributed by atoms with Crippen LogP contribution in [0.1, 0.15) is 25.3 Å². The molecule has 2 rings (SSSR count). The van der Waals surface area contributed by atoms with Gasteiger partial charge in [0.15, 0.2) is 0 Å². The van der Waals surface area contributed by atoms with Gasteiger partial charge in [0.25, 0.3) is 0 Å². The van der Waals surface area contributed by atoms with Gasteiger partial charge >= 0.3 is 0 Å². The fourth-order valence-corrected chi connectivity index (χ4v) is 2.93. The van der Waals surface area contributed by atoms with Crippen molar-refractivity contribution < 1.29 is 5.11 Å². The minimum absolute atomic E-state index is 0.131. The van der Waals surface area contributed by atoms with E-state index in [0.29, 0.717) is 6.04 Å². The highest BCUT2D eigenvalue weighted by Crippen LogP contribution is 2.25. The van der Waals surface area contributed by atoms with E-state index in [1.54, 1.807) is 0 Å². The second-order valence-corrected chi connectivity index (χ2v) is 6.24. The van der Waals surface area contributed by atoms with E-state index in [-0.39, 0.29) is 12.6 Å². The summed E-state index contributed by atoms with van der Waals surface area (Å²) in [5.74, 6) is 0. The average molecular weight is 291 g/mol. The Kier molecular flexibility index (Phi) is 6.03. The van der Waals surface area contributed by atoms with Crippen LogP contribution in [0.15, 0.2) is 24.3 Å². The van der Waals surface area contributed by atoms with Gasteiger partial charge in [-0.15, -0.1) is 0 Å². The van der Waals surface area contributed by atoms with Crippen molar-refractivity contribution in [2.45, 2.75) is 38.4 Å². The molecule has 1 fully saturated rings. The quantitative estimate of drug-likeness (QED) is 0.836. The van der Waals surface area contributed by atoms with Crippen molar-refractivity contribution in [2.75, 3.05) is 38.7 Å². The molecule has 1 aliphatic rings. The molecule has 4 heteroatoms. The molecule has 0 spiro atoms. The molecular formula is C17H29N3O. The number of hydrogen-bond acceptors (Lipinski definition) is 4. The van der Waals surface area contributed by atoms with Crippen LogP contribution in [0.25, 0.3) is 0 Å². The molecule has 0 unspecified atom stereocenters. The normalized spacial score (nSPS) is 18.7. The molecule has 0 saturated carbocycles. The predicted octanol–water partition coefficient (Wildman–Crippen LogP) is 1.69. The molecule has 1 atom stereocenters. The molecule has 0 bridgehead atoms. The van der Waals surface area contributed by atoms with Gasteiger partial charge in [0.1, 0.15) is 0 Å². The zero-order valence-electron chi connectivity index (χ0n) is 13.5. The van der Waals surface area contributed by atoms with Gasteiger partial charge in [-0.2, -0.15) is 0 Å². The zero-order chi connectivity index (χ0) is 15.2. The molecule has 0 aliphatic carbocycles. The van der Waals surface area contributed by atoms with Gasteiger partial charge in [0.2, 0.25) is 0 Å². The van der Waals surface area contributed by atoms with Crippen molar-refractivity contribution in [1.82, 2.24) is 10.2 Å². The first-order valence-electron chi connectivity index (χ1n) is 7.95. The fraction of sp³-hybridized carbons (Fsp3) is 0.647. The van der Waals surface area contributed by atoms with Crippen molar-refractivity contribution >= 4 is 5.69 Å². The molecule has 1 aromatic carbocycles. The average Bonchev–Trinajstić information content (AvgIpc) is 2.53. The van der Waals surface area contributed by atoms with E-state index in [9.17, 15) is 0 Å². The lowest BCUT2D eigenvalue weighted by Gasteiger charge is -2.37. The number of anilines is 1. The Labute approximate surface area is 128 Å². The second-order valence-electron chi connectivity index (χ2n) is 6.24. The van der Waals surface area contributed by atoms with Gasteiger partial charge in [0, 0.05) is 31.4 Å². The molecular weight excluding hydrogens is 262 g/mol. The van der Waals surface area contributed by atoms with Gasteiger partial charge in [-0.1, -0.05) is 18.2 Å². The van der Waals surface area contributed by atoms with Crippen LogP contribution in [-0.4, -0.2) is 55.9 Å². The summed E-state index contributed by atoms with van der Waals surface area (Å²) in [6.45, 7) is 5.33. The lowest BCUT2D eigenvalue weighted by atomic mass is 10.0. The molecule has 1 heterocycles. The lowest BCUT2D eigenvalue weighted by molar-refractivity contribution is 0.250. The van der Waals surface area contributed by atoms with E-state index in [1.165, 1.54) is 37.2 Å². The van der Waals surface area contributed by atoms with Crippen LogP contribution < -0.4 is 10.2 Å². The van der Waals surface area contributed by atoms with E-state index in [4.69, 9.17) is 5.11 Å². The van der Waals surface area contributed by atoms with E-state index >= 15 is 0 Å². The number of para-hydroxylation sites is 1. The molecule has 0 amide bonds. The van der Waals surface area contributed by atoms with E-state index < -0.39 is 0 Å². The maximum atomic E-state index is 9.14. The van der Waals surface area contributed by atoms with Crippen molar-refractivity contribution in [3.8, 4) is 0 Å². The molecule has 2 N–H and O–H groups in total. The monoisotopic (exact) mass is 291 g/mol. The van der Waals surface area contributed by atoms with Crippen LogP contribution in [0.5, 0.6) is 0 Å². The van der Waals surface area contributed by atoms with Crippen molar-refractivity contribution in [1.29, 1.82) is 0 Å². The highest BCUT2D eigenvalue weighted by Gasteiger charge is 2.22. The molecule has 1 aromatic rings. The van der Waals surface area contributed by atoms with E-state index in [0.717, 1.165) is 6.54 Å². The van der Waals surface area contributed by atoms with Crippen LogP contribution in [0, 0.1) is 0 Å². The molecule has 118 valence electrons. The third-order valence-electron chi connectivity index (χ3n) is 4.52. The number of nitrogens with zero attached hydrogens (tertiary/aromatic N) is 2. The van der Waals surface area contributed by atoms with Gasteiger partial charge in [-0.05, 0) is 51.5 Å². The van der Waals surface area contributed by atoms with Crippen molar-refractivity contribution in [3.63, 3.8) is 0 Å². The number of aliphatic hydroxyl groups excluding tert-OH is 1. The standard InChI is InChI=1S/C17H29N3O/c1-14(13-21)18-12-15-6-4-5-7-17(15)20(3)16-8-10-19(2)11-9-16/h4-7,14,16,18,21H,8-13H2,1-3H3/t14-/m0/s1. The van der Waals surface area contributed by atoms with Crippen LogP contribution >= 0.6 is 0 Å². The third-order valence-corrected chi connectivity index (χ3v) is 4.52. The van der Waals surface area contributed by atoms with Crippen LogP contribution in [-0.2, 0) is 6.54 Å². The minimum atomic E-state index is 0.131. The Balaban J connectivity index is 2.04. The largest absolute Gasteiger partial charge is 0.395 e. The molecule has 1 saturated heterocycles. The Bertz CT molecular complexity index is 430. The molecule has 0 radical (unpaired) electrons. The lowest BCUT2D eigenvalue weighted by Crippen LogP contribution is -2.42. The van der Waals surface area contributed by atoms with Crippen molar-refractivity contribution in [3.05, 3.63) is 29.8 Å². The summed E-state index contributed by atoms with van der Waals surface area (Å²) in [4.78, 5) is 4.84. The van der Waals surface area contributed by atoms with Gasteiger partial charge < -0.3 is 20.2 Å². The summed E-state index contributed by atoms with van der Waals surface area (Å²) in [5.41, 5.74) is 2.61. The number of rotatable bonds is 6. The Morgan fingerprint density at radius 2 is 2.00 bits per heavy atom. The zero-order valence-corrected chi connectivity index (χ0v) is 13.5. The number of nitrogens with one attached hydrogen (secondary N) is 1. The van der Waals surface area contributed by atoms with Crippen LogP contribution in [0.3, 0.4) is 0 Å². The number of likely N-dealkylation sites (tertiary alicyclic amines) is 1. The Hall–Kier alpha value is -1.10. The number of hydrogen-bond donors (Lipinski definition) is 2. The summed E-state index contributed by atoms with van der Waals surface area (Å²) in [6, 6.07) is 9.34. The first-order valence-corrected chi connectivity index (χ1v) is 7.95. The van der Waals surface area contributed by atoms with Gasteiger partial charge in [-0.25, -0.2) is 0 Å². The molecule has 4 nitrogen and oxygen atoms in total. The highest BCUT2D eigenvalue weighted by atomic mass is 16.3. The number of benzene rings is 1. The van der Waals surface area contributed by atoms with Gasteiger partial charge in [0.05, 0.1) is 6.61 Å². The van der Waals surface area contributed by atoms with Gasteiger partial charge in [-0.3, -0.25) is 0 Å². The number of piperidine rings is 1. The smallest absolute Gasteiger partial charge is 0.0582 e. The van der Waals surface area contributed by atoms with E-state index in [2.05, 4.69) is 53.5 Å². The predicted molar refractivity (Wildman–Crippen MR) is 88.8 cm³/mol. The second kappa shape index (κ2) is 7.78. The summed E-state index contributed by atoms with van der Waals surface area (Å²) in [5, 5.41) is 12.5. The third kappa shape index (κ3) is 4.43. The Morgan fingerprint density at radius 3 is 2.67 bits per heavy atom. The summed E-state index contributed by atoms with van der Waals surface area (Å²) in [7, 11) is 4.41. The maximum Gasteiger partial charge on any atom is 0.0582 e. The SMILES string of the molecule is C[C@@H](CO)NCc1ccccc1N(C)C1CCN(C)CC1. The number of aliphatic hydroxyl groups is 1. The summed E-state index contributed by atoms with van der Waals surface area (Å²) >= 11 is 0. The minimum Gasteiger partial charge on any atom is -0.395 e. The maximum absolute atomic E-state index is 9.14. The first-order chi connectivity index (χ1) is 10.1. The fourth-order valence-electron chi connectivity index (χ4n) is 2.93. The molecule has 21 heavy (non-hydrogen) atoms. The highest BCUT2D eigenvalue weighted by molar-refractivity contribution is 5.54. The Morgan fingerprint density at radius 1 is 1.33 bits per heavy atom. The van der Waals surface area contributed by atoms with Crippen LogP contribution in [0.4, 0.5) is 5.69 Å². The molecule has 0 aromatic heterocycles.